The lowest BCUT2D eigenvalue weighted by molar-refractivity contribution is -0.156. The van der Waals surface area contributed by atoms with Crippen LogP contribution in [0.4, 0.5) is 0 Å². The molecule has 7 nitrogen and oxygen atoms in total. The van der Waals surface area contributed by atoms with Crippen molar-refractivity contribution in [2.24, 2.45) is 0 Å². The maximum Gasteiger partial charge on any atom is 0.319 e. The lowest BCUT2D eigenvalue weighted by atomic mass is 9.75. The average molecular weight is 479 g/mol. The van der Waals surface area contributed by atoms with Gasteiger partial charge in [0.25, 0.3) is 5.56 Å². The molecule has 0 bridgehead atoms. The minimum absolute atomic E-state index is 0.0895. The average Bonchev–Trinajstić information content (AvgIpc) is 3.14. The fourth-order valence-electron chi connectivity index (χ4n) is 5.34. The van der Waals surface area contributed by atoms with Gasteiger partial charge in [0.15, 0.2) is 0 Å². The molecule has 0 spiro atoms. The van der Waals surface area contributed by atoms with E-state index in [0.717, 1.165) is 28.1 Å². The van der Waals surface area contributed by atoms with Crippen molar-refractivity contribution < 1.29 is 19.7 Å². The molecule has 0 fully saturated rings. The number of rotatable bonds is 5. The van der Waals surface area contributed by atoms with Crippen LogP contribution in [0.15, 0.2) is 35.1 Å². The summed E-state index contributed by atoms with van der Waals surface area (Å²) >= 11 is 0. The predicted molar refractivity (Wildman–Crippen MR) is 133 cm³/mol. The van der Waals surface area contributed by atoms with Crippen LogP contribution in [0.5, 0.6) is 0 Å². The van der Waals surface area contributed by atoms with Gasteiger partial charge in [-0.15, -0.1) is 0 Å². The third-order valence-electron chi connectivity index (χ3n) is 7.24. The van der Waals surface area contributed by atoms with E-state index in [0.29, 0.717) is 35.5 Å². The molecule has 2 aliphatic heterocycles. The molecule has 2 N–H and O–H groups in total. The Kier molecular flexibility index (Phi) is 5.31. The second-order valence-corrected chi connectivity index (χ2v) is 16.2. The molecule has 0 saturated heterocycles. The first kappa shape index (κ1) is 23.0. The second kappa shape index (κ2) is 7.86. The van der Waals surface area contributed by atoms with Crippen molar-refractivity contribution in [3.8, 4) is 11.4 Å². The summed E-state index contributed by atoms with van der Waals surface area (Å²) in [4.78, 5) is 31.0. The van der Waals surface area contributed by atoms with E-state index < -0.39 is 32.2 Å². The van der Waals surface area contributed by atoms with Crippen molar-refractivity contribution in [1.29, 1.82) is 0 Å². The van der Waals surface area contributed by atoms with E-state index in [1.165, 1.54) is 0 Å². The molecule has 4 heterocycles. The monoisotopic (exact) mass is 478 g/mol. The van der Waals surface area contributed by atoms with E-state index in [4.69, 9.17) is 9.72 Å². The highest BCUT2D eigenvalue weighted by molar-refractivity contribution is 6.76. The number of aliphatic hydroxyl groups is 2. The molecule has 0 amide bonds. The zero-order chi connectivity index (χ0) is 24.4. The van der Waals surface area contributed by atoms with Crippen LogP contribution in [-0.4, -0.2) is 40.4 Å². The topological polar surface area (TPSA) is 102 Å². The van der Waals surface area contributed by atoms with E-state index in [-0.39, 0.29) is 12.2 Å². The number of ether oxygens (including phenoxy) is 1. The summed E-state index contributed by atoms with van der Waals surface area (Å²) < 4.78 is 6.98. The van der Waals surface area contributed by atoms with Crippen LogP contribution in [0.1, 0.15) is 41.7 Å². The van der Waals surface area contributed by atoms with Crippen LogP contribution < -0.4 is 5.56 Å². The summed E-state index contributed by atoms with van der Waals surface area (Å²) in [6.45, 7) is 8.37. The Labute approximate surface area is 199 Å². The van der Waals surface area contributed by atoms with Crippen molar-refractivity contribution in [2.75, 3.05) is 6.61 Å². The standard InChI is InChI=1S/C26H30N2O5Si/c1-5-26(14-29)19-10-21-23-15(11-28(21)24(31)18(19)12-33-25(26)32)9-17-16(7-6-8-20(17)27-23)22(30)13-34(2,3)4/h6-10,22,29-30H,5,11-14H2,1-4H3. The second-order valence-electron chi connectivity index (χ2n) is 10.7. The Bertz CT molecular complexity index is 1380. The maximum atomic E-state index is 13.5. The summed E-state index contributed by atoms with van der Waals surface area (Å²) in [6.07, 6.45) is -0.235. The molecule has 34 heavy (non-hydrogen) atoms. The van der Waals surface area contributed by atoms with Crippen molar-refractivity contribution in [3.05, 3.63) is 62.9 Å². The number of cyclic esters (lactones) is 1. The first-order valence-corrected chi connectivity index (χ1v) is 15.5. The Morgan fingerprint density at radius 1 is 1.24 bits per heavy atom. The fourth-order valence-corrected chi connectivity index (χ4v) is 6.72. The van der Waals surface area contributed by atoms with Gasteiger partial charge in [-0.25, -0.2) is 4.98 Å². The third kappa shape index (κ3) is 3.35. The molecule has 2 unspecified atom stereocenters. The maximum absolute atomic E-state index is 13.5. The van der Waals surface area contributed by atoms with Gasteiger partial charge in [0.1, 0.15) is 12.0 Å². The Morgan fingerprint density at radius 3 is 2.68 bits per heavy atom. The van der Waals surface area contributed by atoms with E-state index in [2.05, 4.69) is 19.6 Å². The van der Waals surface area contributed by atoms with E-state index >= 15 is 0 Å². The van der Waals surface area contributed by atoms with Crippen LogP contribution >= 0.6 is 0 Å². The molecule has 2 atom stereocenters. The van der Waals surface area contributed by atoms with Crippen molar-refractivity contribution in [3.63, 3.8) is 0 Å². The Morgan fingerprint density at radius 2 is 2.00 bits per heavy atom. The minimum atomic E-state index is -1.49. The van der Waals surface area contributed by atoms with Crippen molar-refractivity contribution >= 4 is 24.9 Å². The SMILES string of the molecule is CCC1(CO)C(=O)OCc2c1cc1n(c2=O)Cc2cc3c(C(O)C[Si](C)(C)C)cccc3nc2-1. The Balaban J connectivity index is 1.69. The van der Waals surface area contributed by atoms with Crippen LogP contribution in [0.3, 0.4) is 0 Å². The van der Waals surface area contributed by atoms with Gasteiger partial charge in [-0.1, -0.05) is 38.7 Å². The number of benzene rings is 1. The van der Waals surface area contributed by atoms with Gasteiger partial charge in [-0.05, 0) is 41.8 Å². The van der Waals surface area contributed by atoms with Crippen LogP contribution in [0.2, 0.25) is 25.7 Å². The van der Waals surface area contributed by atoms with Crippen LogP contribution in [-0.2, 0) is 28.1 Å². The molecule has 178 valence electrons. The van der Waals surface area contributed by atoms with Gasteiger partial charge < -0.3 is 19.5 Å². The zero-order valence-electron chi connectivity index (χ0n) is 20.0. The lowest BCUT2D eigenvalue weighted by Crippen LogP contribution is -2.47. The summed E-state index contributed by atoms with van der Waals surface area (Å²) in [7, 11) is -1.49. The van der Waals surface area contributed by atoms with Gasteiger partial charge in [0.05, 0.1) is 41.7 Å². The number of fused-ring (bicyclic) bond motifs is 5. The van der Waals surface area contributed by atoms with E-state index in [9.17, 15) is 19.8 Å². The highest BCUT2D eigenvalue weighted by atomic mass is 28.3. The van der Waals surface area contributed by atoms with Gasteiger partial charge in [-0.3, -0.25) is 9.59 Å². The third-order valence-corrected chi connectivity index (χ3v) is 8.85. The van der Waals surface area contributed by atoms with Gasteiger partial charge in [0.2, 0.25) is 0 Å². The molecule has 5 rings (SSSR count). The van der Waals surface area contributed by atoms with Gasteiger partial charge in [-0.2, -0.15) is 0 Å². The summed E-state index contributed by atoms with van der Waals surface area (Å²) in [5.74, 6) is -0.500. The minimum Gasteiger partial charge on any atom is -0.460 e. The molecular formula is C26H30N2O5Si. The number of pyridine rings is 2. The first-order valence-electron chi connectivity index (χ1n) is 11.8. The summed E-state index contributed by atoms with van der Waals surface area (Å²) in [5.41, 5.74) is 3.37. The first-order chi connectivity index (χ1) is 16.1. The number of nitrogens with zero attached hydrogens (tertiary/aromatic N) is 2. The predicted octanol–water partition coefficient (Wildman–Crippen LogP) is 3.49. The number of hydrogen-bond acceptors (Lipinski definition) is 6. The molecule has 1 aromatic carbocycles. The quantitative estimate of drug-likeness (QED) is 0.336. The van der Waals surface area contributed by atoms with Crippen molar-refractivity contribution in [1.82, 2.24) is 9.55 Å². The number of carbonyl (C=O) groups excluding carboxylic acids is 1. The summed E-state index contributed by atoms with van der Waals surface area (Å²) in [5, 5.41) is 22.0. The molecule has 2 aromatic heterocycles. The molecule has 0 saturated carbocycles. The number of aliphatic hydroxyl groups excluding tert-OH is 2. The normalized spacial score (nSPS) is 20.0. The lowest BCUT2D eigenvalue weighted by Gasteiger charge is -2.34. The molecule has 0 radical (unpaired) electrons. The van der Waals surface area contributed by atoms with Gasteiger partial charge in [0, 0.05) is 19.0 Å². The smallest absolute Gasteiger partial charge is 0.319 e. The summed E-state index contributed by atoms with van der Waals surface area (Å²) in [6, 6.07) is 10.4. The number of hydrogen-bond donors (Lipinski definition) is 2. The van der Waals surface area contributed by atoms with E-state index in [1.54, 1.807) is 4.57 Å². The largest absolute Gasteiger partial charge is 0.460 e. The van der Waals surface area contributed by atoms with Crippen LogP contribution in [0, 0.1) is 0 Å². The molecular weight excluding hydrogens is 448 g/mol. The van der Waals surface area contributed by atoms with Gasteiger partial charge >= 0.3 is 5.97 Å². The highest BCUT2D eigenvalue weighted by Gasteiger charge is 2.46. The molecule has 3 aromatic rings. The number of esters is 1. The van der Waals surface area contributed by atoms with E-state index in [1.807, 2.05) is 37.3 Å². The molecule has 8 heteroatoms. The fraction of sp³-hybridized carbons (Fsp3) is 0.423. The number of aromatic nitrogens is 2. The zero-order valence-corrected chi connectivity index (χ0v) is 21.0. The molecule has 2 aliphatic rings. The van der Waals surface area contributed by atoms with Crippen molar-refractivity contribution in [2.45, 2.75) is 63.7 Å². The highest BCUT2D eigenvalue weighted by Crippen LogP contribution is 2.40. The number of carbonyl (C=O) groups is 1. The Hall–Kier alpha value is -2.81. The van der Waals surface area contributed by atoms with Crippen LogP contribution in [0.25, 0.3) is 22.3 Å². The molecule has 0 aliphatic carbocycles.